The van der Waals surface area contributed by atoms with Crippen LogP contribution in [0.25, 0.3) is 0 Å². The lowest BCUT2D eigenvalue weighted by Gasteiger charge is -2.36. The van der Waals surface area contributed by atoms with Crippen LogP contribution in [0, 0.1) is 28.6 Å². The third-order valence-electron chi connectivity index (χ3n) is 9.10. The summed E-state index contributed by atoms with van der Waals surface area (Å²) in [5.41, 5.74) is -0.834. The van der Waals surface area contributed by atoms with Gasteiger partial charge in [-0.2, -0.15) is 14.0 Å². The molecule has 0 aromatic heterocycles. The van der Waals surface area contributed by atoms with Crippen LogP contribution in [0.5, 0.6) is 0 Å². The number of halogens is 2. The Morgan fingerprint density at radius 3 is 2.52 bits per heavy atom. The standard InChI is InChI=1S/C35H45F2N5O6/c1-8-21-25-18-42(26(21)31(44)48-34(5,6)7)30(43)28(33(2,3)4)41-32(45)47-24-16-20(24)11-9-10-14-35(36,37)27-29(46-25)40-23-15-19(17-38)12-13-22(23)39-27/h10,12-15,20-21,24-28,39H,8-9,11,16,18H2,1-7H3,(H,41,45)/b14-10+/t20?,21-,24-,25+,26+,27?,28-/m1/s1. The SMILES string of the molecule is CC[C@@H]1[C@@H]2CN(C(=O)[C@H](C(C)(C)C)NC(=O)O[C@@H]3CC3CC/C=C/C(F)(F)C3Nc4ccc(C#N)cc4N=C3O2)[C@@H]1C(=O)OC(C)(C)C. The number of anilines is 1. The molecule has 2 bridgehead atoms. The summed E-state index contributed by atoms with van der Waals surface area (Å²) in [5, 5.41) is 15.1. The molecule has 7 atom stereocenters. The molecule has 2 N–H and O–H groups in total. The largest absolute Gasteiger partial charge is 0.473 e. The fourth-order valence-corrected chi connectivity index (χ4v) is 6.52. The van der Waals surface area contributed by atoms with E-state index in [0.717, 1.165) is 6.08 Å². The van der Waals surface area contributed by atoms with E-state index in [-0.39, 0.29) is 35.7 Å². The molecule has 3 heterocycles. The number of rotatable bonds is 2. The molecule has 11 nitrogen and oxygen atoms in total. The number of nitrogens with one attached hydrogen (secondary N) is 2. The molecule has 1 aromatic carbocycles. The van der Waals surface area contributed by atoms with Crippen LogP contribution in [-0.4, -0.2) is 77.2 Å². The number of amides is 2. The number of nitriles is 1. The van der Waals surface area contributed by atoms with Crippen molar-refractivity contribution in [1.29, 1.82) is 5.26 Å². The van der Waals surface area contributed by atoms with Crippen molar-refractivity contribution in [3.63, 3.8) is 0 Å². The zero-order chi connectivity index (χ0) is 35.2. The van der Waals surface area contributed by atoms with Gasteiger partial charge < -0.3 is 29.7 Å². The van der Waals surface area contributed by atoms with Crippen molar-refractivity contribution >= 4 is 35.2 Å². The average molecular weight is 670 g/mol. The van der Waals surface area contributed by atoms with Crippen molar-refractivity contribution in [2.45, 2.75) is 116 Å². The molecule has 260 valence electrons. The summed E-state index contributed by atoms with van der Waals surface area (Å²) in [6.45, 7) is 12.2. The predicted octanol–water partition coefficient (Wildman–Crippen LogP) is 5.86. The van der Waals surface area contributed by atoms with Gasteiger partial charge in [-0.15, -0.1) is 0 Å². The van der Waals surface area contributed by atoms with E-state index in [1.54, 1.807) is 41.5 Å². The first-order valence-corrected chi connectivity index (χ1v) is 16.5. The zero-order valence-electron chi connectivity index (χ0n) is 28.5. The summed E-state index contributed by atoms with van der Waals surface area (Å²) < 4.78 is 49.8. The van der Waals surface area contributed by atoms with Gasteiger partial charge in [0.1, 0.15) is 29.9 Å². The van der Waals surface area contributed by atoms with Crippen LogP contribution in [0.1, 0.15) is 79.7 Å². The van der Waals surface area contributed by atoms with Crippen molar-refractivity contribution in [1.82, 2.24) is 10.2 Å². The Bertz CT molecular complexity index is 1540. The van der Waals surface area contributed by atoms with Crippen molar-refractivity contribution in [3.05, 3.63) is 35.9 Å². The highest BCUT2D eigenvalue weighted by molar-refractivity contribution is 5.95. The van der Waals surface area contributed by atoms with Crippen LogP contribution in [0.4, 0.5) is 25.0 Å². The fourth-order valence-electron chi connectivity index (χ4n) is 6.52. The first-order valence-electron chi connectivity index (χ1n) is 16.5. The summed E-state index contributed by atoms with van der Waals surface area (Å²) in [4.78, 5) is 47.1. The number of carbonyl (C=O) groups is 3. The van der Waals surface area contributed by atoms with Gasteiger partial charge >= 0.3 is 12.1 Å². The molecule has 2 unspecified atom stereocenters. The van der Waals surface area contributed by atoms with Crippen LogP contribution < -0.4 is 10.6 Å². The molecule has 5 rings (SSSR count). The number of benzene rings is 1. The second kappa shape index (κ2) is 13.0. The number of alkyl halides is 2. The molecule has 0 spiro atoms. The molecule has 2 fully saturated rings. The first-order chi connectivity index (χ1) is 22.4. The zero-order valence-corrected chi connectivity index (χ0v) is 28.5. The van der Waals surface area contributed by atoms with Crippen molar-refractivity contribution in [2.75, 3.05) is 11.9 Å². The van der Waals surface area contributed by atoms with Gasteiger partial charge in [0.05, 0.1) is 29.6 Å². The minimum Gasteiger partial charge on any atom is -0.473 e. The molecule has 3 aliphatic heterocycles. The number of carbonyl (C=O) groups excluding carboxylic acids is 3. The second-order valence-electron chi connectivity index (χ2n) is 15.1. The number of fused-ring (bicyclic) bond motifs is 5. The molecule has 0 radical (unpaired) electrons. The van der Waals surface area contributed by atoms with Crippen molar-refractivity contribution in [2.24, 2.45) is 22.2 Å². The number of ether oxygens (including phenoxy) is 3. The van der Waals surface area contributed by atoms with E-state index in [1.165, 1.54) is 29.2 Å². The molecule has 2 amide bonds. The Balaban J connectivity index is 1.60. The molecular weight excluding hydrogens is 624 g/mol. The minimum atomic E-state index is -3.47. The maximum Gasteiger partial charge on any atom is 0.408 e. The van der Waals surface area contributed by atoms with E-state index >= 15 is 8.78 Å². The smallest absolute Gasteiger partial charge is 0.408 e. The van der Waals surface area contributed by atoms with Crippen LogP contribution in [0.2, 0.25) is 0 Å². The molecule has 48 heavy (non-hydrogen) atoms. The first kappa shape index (κ1) is 35.1. The highest BCUT2D eigenvalue weighted by atomic mass is 19.3. The Labute approximate surface area is 280 Å². The lowest BCUT2D eigenvalue weighted by molar-refractivity contribution is -0.165. The van der Waals surface area contributed by atoms with Crippen molar-refractivity contribution in [3.8, 4) is 6.07 Å². The maximum atomic E-state index is 16.0. The highest BCUT2D eigenvalue weighted by Gasteiger charge is 2.54. The Hall–Kier alpha value is -4.21. The summed E-state index contributed by atoms with van der Waals surface area (Å²) in [6.07, 6.45) is 1.93. The minimum absolute atomic E-state index is 0.00682. The van der Waals surface area contributed by atoms with E-state index < -0.39 is 65.1 Å². The third-order valence-corrected chi connectivity index (χ3v) is 9.10. The van der Waals surface area contributed by atoms with Crippen LogP contribution in [0.15, 0.2) is 35.3 Å². The van der Waals surface area contributed by atoms with Gasteiger partial charge in [-0.25, -0.2) is 14.6 Å². The van der Waals surface area contributed by atoms with Gasteiger partial charge in [0.25, 0.3) is 5.92 Å². The van der Waals surface area contributed by atoms with E-state index in [9.17, 15) is 19.6 Å². The fraction of sp³-hybridized carbons (Fsp3) is 0.629. The topological polar surface area (TPSA) is 142 Å². The predicted molar refractivity (Wildman–Crippen MR) is 174 cm³/mol. The van der Waals surface area contributed by atoms with E-state index in [2.05, 4.69) is 15.6 Å². The average Bonchev–Trinajstić information content (AvgIpc) is 3.61. The summed E-state index contributed by atoms with van der Waals surface area (Å²) in [7, 11) is 0. The van der Waals surface area contributed by atoms with Gasteiger partial charge in [0.15, 0.2) is 6.04 Å². The van der Waals surface area contributed by atoms with Gasteiger partial charge in [0.2, 0.25) is 11.8 Å². The number of allylic oxidation sites excluding steroid dienone is 1. The molecule has 13 heteroatoms. The molecular formula is C35H45F2N5O6. The van der Waals surface area contributed by atoms with Crippen LogP contribution >= 0.6 is 0 Å². The summed E-state index contributed by atoms with van der Waals surface area (Å²) in [5.74, 6) is -5.69. The molecule has 1 aliphatic carbocycles. The molecule has 1 saturated carbocycles. The number of hydrogen-bond donors (Lipinski definition) is 2. The monoisotopic (exact) mass is 669 g/mol. The van der Waals surface area contributed by atoms with Gasteiger partial charge in [0, 0.05) is 5.92 Å². The van der Waals surface area contributed by atoms with E-state index in [4.69, 9.17) is 14.2 Å². The third kappa shape index (κ3) is 7.58. The van der Waals surface area contributed by atoms with Crippen LogP contribution in [-0.2, 0) is 23.8 Å². The summed E-state index contributed by atoms with van der Waals surface area (Å²) in [6, 6.07) is 2.60. The normalized spacial score (nSPS) is 31.0. The van der Waals surface area contributed by atoms with Gasteiger partial charge in [-0.3, -0.25) is 4.79 Å². The van der Waals surface area contributed by atoms with Crippen molar-refractivity contribution < 1.29 is 37.4 Å². The quantitative estimate of drug-likeness (QED) is 0.295. The number of esters is 1. The summed E-state index contributed by atoms with van der Waals surface area (Å²) >= 11 is 0. The number of hydrogen-bond acceptors (Lipinski definition) is 9. The molecule has 1 aromatic rings. The van der Waals surface area contributed by atoms with Gasteiger partial charge in [-0.05, 0) is 82.1 Å². The number of nitrogens with zero attached hydrogens (tertiary/aromatic N) is 3. The lowest BCUT2D eigenvalue weighted by Crippen LogP contribution is -2.58. The van der Waals surface area contributed by atoms with Crippen LogP contribution in [0.3, 0.4) is 0 Å². The van der Waals surface area contributed by atoms with Gasteiger partial charge in [-0.1, -0.05) is 33.8 Å². The Morgan fingerprint density at radius 1 is 1.15 bits per heavy atom. The van der Waals surface area contributed by atoms with E-state index in [1.807, 2.05) is 13.0 Å². The number of aliphatic imine (C=N–C) groups is 1. The lowest BCUT2D eigenvalue weighted by atomic mass is 9.85. The Kier molecular flexibility index (Phi) is 9.51. The van der Waals surface area contributed by atoms with E-state index in [0.29, 0.717) is 31.4 Å². The maximum absolute atomic E-state index is 16.0. The second-order valence-corrected chi connectivity index (χ2v) is 15.1. The highest BCUT2D eigenvalue weighted by Crippen LogP contribution is 2.41. The molecule has 1 saturated heterocycles. The number of alkyl carbamates (subject to hydrolysis) is 1. The molecule has 4 aliphatic rings. The Morgan fingerprint density at radius 2 is 1.88 bits per heavy atom.